The Labute approximate surface area is 155 Å². The van der Waals surface area contributed by atoms with Crippen LogP contribution in [-0.4, -0.2) is 47.6 Å². The Bertz CT molecular complexity index is 472. The van der Waals surface area contributed by atoms with Crippen molar-refractivity contribution in [1.82, 2.24) is 15.5 Å². The quantitative estimate of drug-likeness (QED) is 0.844. The molecule has 0 aliphatic carbocycles. The predicted octanol–water partition coefficient (Wildman–Crippen LogP) is 2.27. The fraction of sp³-hybridized carbons (Fsp3) is 0.562. The first kappa shape index (κ1) is 20.6. The van der Waals surface area contributed by atoms with Gasteiger partial charge in [0.05, 0.1) is 6.04 Å². The predicted molar refractivity (Wildman–Crippen MR) is 102 cm³/mol. The first-order chi connectivity index (χ1) is 10.3. The molecule has 2 heterocycles. The van der Waals surface area contributed by atoms with Gasteiger partial charge in [-0.25, -0.2) is 0 Å². The standard InChI is InChI=1S/C16H23N3OS.2ClH/c20-16(15-11-21-12-17-15)18-14-7-4-8-19(10-14)9-13-5-2-1-3-6-13;;/h1-3,5-6,14-15,17H,4,7-12H2,(H,18,20);2*1H. The summed E-state index contributed by atoms with van der Waals surface area (Å²) in [5.41, 5.74) is 1.35. The van der Waals surface area contributed by atoms with Crippen molar-refractivity contribution >= 4 is 42.5 Å². The van der Waals surface area contributed by atoms with E-state index in [4.69, 9.17) is 0 Å². The van der Waals surface area contributed by atoms with Gasteiger partial charge in [-0.3, -0.25) is 15.0 Å². The third-order valence-corrected chi connectivity index (χ3v) is 5.07. The van der Waals surface area contributed by atoms with Crippen LogP contribution in [0.5, 0.6) is 0 Å². The van der Waals surface area contributed by atoms with E-state index in [2.05, 4.69) is 45.9 Å². The summed E-state index contributed by atoms with van der Waals surface area (Å²) in [4.78, 5) is 14.6. The summed E-state index contributed by atoms with van der Waals surface area (Å²) in [5.74, 6) is 1.96. The van der Waals surface area contributed by atoms with Gasteiger partial charge in [-0.1, -0.05) is 30.3 Å². The van der Waals surface area contributed by atoms with Gasteiger partial charge in [0.25, 0.3) is 0 Å². The van der Waals surface area contributed by atoms with Crippen LogP contribution in [0.4, 0.5) is 0 Å². The molecule has 0 radical (unpaired) electrons. The van der Waals surface area contributed by atoms with Crippen LogP contribution in [-0.2, 0) is 11.3 Å². The van der Waals surface area contributed by atoms with E-state index in [-0.39, 0.29) is 36.8 Å². The average molecular weight is 378 g/mol. The number of thioether (sulfide) groups is 1. The SMILES string of the molecule is Cl.Cl.O=C(NC1CCCN(Cc2ccccc2)C1)C1CSCN1. The molecule has 3 rings (SSSR count). The zero-order chi connectivity index (χ0) is 14.5. The number of hydrogen-bond acceptors (Lipinski definition) is 4. The molecule has 2 saturated heterocycles. The van der Waals surface area contributed by atoms with Crippen LogP contribution < -0.4 is 10.6 Å². The third-order valence-electron chi connectivity index (χ3n) is 4.13. The Morgan fingerprint density at radius 1 is 1.30 bits per heavy atom. The van der Waals surface area contributed by atoms with E-state index in [1.54, 1.807) is 11.8 Å². The number of amides is 1. The summed E-state index contributed by atoms with van der Waals surface area (Å²) in [5, 5.41) is 6.45. The maximum atomic E-state index is 12.2. The highest BCUT2D eigenvalue weighted by Gasteiger charge is 2.27. The van der Waals surface area contributed by atoms with Crippen molar-refractivity contribution in [3.8, 4) is 0 Å². The molecule has 0 aromatic heterocycles. The lowest BCUT2D eigenvalue weighted by atomic mass is 10.0. The largest absolute Gasteiger partial charge is 0.351 e. The number of benzene rings is 1. The zero-order valence-corrected chi connectivity index (χ0v) is 15.5. The third kappa shape index (κ3) is 6.16. The molecule has 2 fully saturated rings. The van der Waals surface area contributed by atoms with Gasteiger partial charge in [0.2, 0.25) is 5.91 Å². The highest BCUT2D eigenvalue weighted by atomic mass is 35.5. The highest BCUT2D eigenvalue weighted by Crippen LogP contribution is 2.15. The monoisotopic (exact) mass is 377 g/mol. The summed E-state index contributed by atoms with van der Waals surface area (Å²) in [6.45, 7) is 3.06. The van der Waals surface area contributed by atoms with Crippen molar-refractivity contribution in [1.29, 1.82) is 0 Å². The highest BCUT2D eigenvalue weighted by molar-refractivity contribution is 7.99. The number of carbonyl (C=O) groups excluding carboxylic acids is 1. The molecule has 7 heteroatoms. The van der Waals surface area contributed by atoms with E-state index in [0.717, 1.165) is 44.1 Å². The van der Waals surface area contributed by atoms with Crippen molar-refractivity contribution < 1.29 is 4.79 Å². The molecule has 0 spiro atoms. The van der Waals surface area contributed by atoms with Gasteiger partial charge in [0, 0.05) is 30.8 Å². The molecule has 4 nitrogen and oxygen atoms in total. The minimum atomic E-state index is -0.000463. The van der Waals surface area contributed by atoms with Crippen molar-refractivity contribution in [2.24, 2.45) is 0 Å². The maximum Gasteiger partial charge on any atom is 0.238 e. The van der Waals surface area contributed by atoms with E-state index in [0.29, 0.717) is 6.04 Å². The number of nitrogens with one attached hydrogen (secondary N) is 2. The second-order valence-corrected chi connectivity index (χ2v) is 6.87. The lowest BCUT2D eigenvalue weighted by molar-refractivity contribution is -0.123. The first-order valence-corrected chi connectivity index (χ1v) is 8.84. The topological polar surface area (TPSA) is 44.4 Å². The molecule has 1 aromatic carbocycles. The molecule has 1 aromatic rings. The van der Waals surface area contributed by atoms with Gasteiger partial charge in [-0.2, -0.15) is 0 Å². The zero-order valence-electron chi connectivity index (χ0n) is 13.1. The van der Waals surface area contributed by atoms with Crippen LogP contribution in [0.3, 0.4) is 0 Å². The van der Waals surface area contributed by atoms with Crippen molar-refractivity contribution in [3.05, 3.63) is 35.9 Å². The molecular formula is C16H25Cl2N3OS. The first-order valence-electron chi connectivity index (χ1n) is 7.69. The van der Waals surface area contributed by atoms with E-state index in [1.807, 2.05) is 0 Å². The van der Waals surface area contributed by atoms with Crippen LogP contribution in [0.2, 0.25) is 0 Å². The number of halogens is 2. The molecule has 2 aliphatic heterocycles. The van der Waals surface area contributed by atoms with Crippen LogP contribution in [0.15, 0.2) is 30.3 Å². The number of hydrogen-bond donors (Lipinski definition) is 2. The fourth-order valence-corrected chi connectivity index (χ4v) is 3.97. The molecular weight excluding hydrogens is 353 g/mol. The Morgan fingerprint density at radius 2 is 2.09 bits per heavy atom. The van der Waals surface area contributed by atoms with Gasteiger partial charge < -0.3 is 5.32 Å². The molecule has 0 bridgehead atoms. The number of rotatable bonds is 4. The normalized spacial score (nSPS) is 24.3. The van der Waals surface area contributed by atoms with Gasteiger partial charge in [0.1, 0.15) is 0 Å². The molecule has 2 N–H and O–H groups in total. The Kier molecular flexibility index (Phi) is 9.32. The molecule has 1 amide bonds. The summed E-state index contributed by atoms with van der Waals surface area (Å²) < 4.78 is 0. The molecule has 2 atom stereocenters. The van der Waals surface area contributed by atoms with Crippen LogP contribution in [0, 0.1) is 0 Å². The summed E-state index contributed by atoms with van der Waals surface area (Å²) in [6.07, 6.45) is 2.25. The average Bonchev–Trinajstić information content (AvgIpc) is 3.03. The smallest absolute Gasteiger partial charge is 0.238 e. The van der Waals surface area contributed by atoms with Crippen LogP contribution >= 0.6 is 36.6 Å². The van der Waals surface area contributed by atoms with E-state index in [9.17, 15) is 4.79 Å². The second kappa shape index (κ2) is 10.4. The molecule has 2 aliphatic rings. The Balaban J connectivity index is 0.00000132. The van der Waals surface area contributed by atoms with Gasteiger partial charge in [0.15, 0.2) is 0 Å². The van der Waals surface area contributed by atoms with E-state index in [1.165, 1.54) is 5.56 Å². The number of carbonyl (C=O) groups is 1. The van der Waals surface area contributed by atoms with Crippen LogP contribution in [0.25, 0.3) is 0 Å². The lowest BCUT2D eigenvalue weighted by Crippen LogP contribution is -2.52. The van der Waals surface area contributed by atoms with E-state index < -0.39 is 0 Å². The van der Waals surface area contributed by atoms with Gasteiger partial charge >= 0.3 is 0 Å². The summed E-state index contributed by atoms with van der Waals surface area (Å²) >= 11 is 1.79. The van der Waals surface area contributed by atoms with E-state index >= 15 is 0 Å². The summed E-state index contributed by atoms with van der Waals surface area (Å²) in [7, 11) is 0. The number of piperidine rings is 1. The minimum absolute atomic E-state index is 0. The molecule has 130 valence electrons. The second-order valence-electron chi connectivity index (χ2n) is 5.84. The van der Waals surface area contributed by atoms with Gasteiger partial charge in [-0.05, 0) is 24.9 Å². The van der Waals surface area contributed by atoms with Crippen molar-refractivity contribution in [2.45, 2.75) is 31.5 Å². The number of likely N-dealkylation sites (tertiary alicyclic amines) is 1. The van der Waals surface area contributed by atoms with Crippen molar-refractivity contribution in [3.63, 3.8) is 0 Å². The lowest BCUT2D eigenvalue weighted by Gasteiger charge is -2.33. The summed E-state index contributed by atoms with van der Waals surface area (Å²) in [6, 6.07) is 10.9. The number of nitrogens with zero attached hydrogens (tertiary/aromatic N) is 1. The molecule has 0 saturated carbocycles. The molecule has 2 unspecified atom stereocenters. The van der Waals surface area contributed by atoms with Crippen LogP contribution in [0.1, 0.15) is 18.4 Å². The Hall–Kier alpha value is -0.460. The fourth-order valence-electron chi connectivity index (χ4n) is 3.02. The van der Waals surface area contributed by atoms with Crippen molar-refractivity contribution in [2.75, 3.05) is 24.7 Å². The van der Waals surface area contributed by atoms with Gasteiger partial charge in [-0.15, -0.1) is 36.6 Å². The maximum absolute atomic E-state index is 12.2. The molecule has 23 heavy (non-hydrogen) atoms. The minimum Gasteiger partial charge on any atom is -0.351 e. The Morgan fingerprint density at radius 3 is 2.78 bits per heavy atom.